The third-order valence-corrected chi connectivity index (χ3v) is 13.5. The van der Waals surface area contributed by atoms with Gasteiger partial charge in [0.05, 0.1) is 17.5 Å². The minimum absolute atomic E-state index is 0.0271. The first kappa shape index (κ1) is 41.5. The van der Waals surface area contributed by atoms with Crippen LogP contribution < -0.4 is 0 Å². The Hall–Kier alpha value is -3.14. The Morgan fingerprint density at radius 1 is 0.873 bits per heavy atom. The lowest BCUT2D eigenvalue weighted by atomic mass is 9.69. The second kappa shape index (κ2) is 16.4. The number of carbonyl (C=O) groups is 3. The molecule has 302 valence electrons. The lowest BCUT2D eigenvalue weighted by molar-refractivity contribution is -0.147. The molecule has 55 heavy (non-hydrogen) atoms. The lowest BCUT2D eigenvalue weighted by Crippen LogP contribution is -2.54. The molecular formula is C45H66ClN5O4. The Bertz CT molecular complexity index is 1670. The fourth-order valence-electron chi connectivity index (χ4n) is 9.76. The van der Waals surface area contributed by atoms with Crippen molar-refractivity contribution in [3.05, 3.63) is 64.7 Å². The van der Waals surface area contributed by atoms with Crippen molar-refractivity contribution in [2.75, 3.05) is 59.4 Å². The Morgan fingerprint density at radius 3 is 2.13 bits per heavy atom. The van der Waals surface area contributed by atoms with Gasteiger partial charge in [0.1, 0.15) is 11.8 Å². The molecule has 2 aromatic rings. The van der Waals surface area contributed by atoms with E-state index in [1.54, 1.807) is 24.3 Å². The molecule has 4 atom stereocenters. The second-order valence-electron chi connectivity index (χ2n) is 19.8. The molecule has 3 aliphatic heterocycles. The maximum Gasteiger partial charge on any atom is 0.257 e. The van der Waals surface area contributed by atoms with E-state index in [4.69, 9.17) is 11.6 Å². The summed E-state index contributed by atoms with van der Waals surface area (Å²) in [6, 6.07) is 13.5. The van der Waals surface area contributed by atoms with Crippen LogP contribution in [0.1, 0.15) is 109 Å². The molecule has 1 aliphatic carbocycles. The Morgan fingerprint density at radius 2 is 1.51 bits per heavy atom. The molecule has 0 unspecified atom stereocenters. The van der Waals surface area contributed by atoms with Gasteiger partial charge < -0.3 is 24.7 Å². The summed E-state index contributed by atoms with van der Waals surface area (Å²) in [7, 11) is 2.07. The molecule has 1 N–H and O–H groups in total. The number of likely N-dealkylation sites (N-methyl/N-ethyl adjacent to an activating group) is 1. The highest BCUT2D eigenvalue weighted by atomic mass is 35.5. The van der Waals surface area contributed by atoms with E-state index in [-0.39, 0.29) is 58.4 Å². The second-order valence-corrected chi connectivity index (χ2v) is 20.2. The number of hydrogen-bond acceptors (Lipinski definition) is 6. The fraction of sp³-hybridized carbons (Fsp3) is 0.667. The Balaban J connectivity index is 1.34. The molecule has 3 amide bonds. The number of benzene rings is 2. The largest absolute Gasteiger partial charge is 0.507 e. The van der Waals surface area contributed by atoms with Gasteiger partial charge in [-0.25, -0.2) is 0 Å². The summed E-state index contributed by atoms with van der Waals surface area (Å²) in [5.41, 5.74) is 1.32. The third kappa shape index (κ3) is 9.70. The van der Waals surface area contributed by atoms with Crippen LogP contribution in [0.5, 0.6) is 5.75 Å². The summed E-state index contributed by atoms with van der Waals surface area (Å²) in [6.45, 7) is 20.6. The molecule has 6 rings (SSSR count). The molecular weight excluding hydrogens is 710 g/mol. The quantitative estimate of drug-likeness (QED) is 0.286. The maximum absolute atomic E-state index is 15.2. The van der Waals surface area contributed by atoms with Crippen LogP contribution in [0.3, 0.4) is 0 Å². The number of hydrogen-bond donors (Lipinski definition) is 1. The zero-order valence-electron chi connectivity index (χ0n) is 34.7. The number of carbonyl (C=O) groups excluding carboxylic acids is 3. The SMILES string of the molecule is CN1CCN(C(=O)[C@@H]2C[C@H](N(CC(C)(C)CC3CCC(C)(C)CC3)C(=O)c3ccccc3O)CN2C(=O)[C@@H]2CN(C(C)(C)C)C[C@H]2c2ccc(Cl)cc2)CC1. The summed E-state index contributed by atoms with van der Waals surface area (Å²) in [6.07, 6.45) is 6.12. The van der Waals surface area contributed by atoms with Crippen LogP contribution in [0.15, 0.2) is 48.5 Å². The van der Waals surface area contributed by atoms with Crippen LogP contribution in [-0.2, 0) is 9.59 Å². The summed E-state index contributed by atoms with van der Waals surface area (Å²) in [5.74, 6) is -0.217. The third-order valence-electron chi connectivity index (χ3n) is 13.3. The van der Waals surface area contributed by atoms with Crippen molar-refractivity contribution >= 4 is 29.3 Å². The van der Waals surface area contributed by atoms with E-state index in [1.165, 1.54) is 25.7 Å². The van der Waals surface area contributed by atoms with E-state index in [2.05, 4.69) is 65.3 Å². The van der Waals surface area contributed by atoms with Gasteiger partial charge >= 0.3 is 0 Å². The van der Waals surface area contributed by atoms with E-state index in [0.29, 0.717) is 49.0 Å². The molecule has 9 nitrogen and oxygen atoms in total. The van der Waals surface area contributed by atoms with E-state index in [1.807, 2.05) is 39.0 Å². The molecule has 3 saturated heterocycles. The zero-order valence-corrected chi connectivity index (χ0v) is 35.4. The topological polar surface area (TPSA) is 87.6 Å². The van der Waals surface area contributed by atoms with Crippen molar-refractivity contribution in [1.29, 1.82) is 0 Å². The minimum Gasteiger partial charge on any atom is -0.507 e. The number of phenols is 1. The Labute approximate surface area is 335 Å². The molecule has 0 radical (unpaired) electrons. The number of halogens is 1. The number of rotatable bonds is 9. The van der Waals surface area contributed by atoms with Crippen LogP contribution in [0.2, 0.25) is 5.02 Å². The fourth-order valence-corrected chi connectivity index (χ4v) is 9.89. The van der Waals surface area contributed by atoms with Crippen LogP contribution in [-0.4, -0.2) is 124 Å². The van der Waals surface area contributed by atoms with Gasteiger partial charge in [0.25, 0.3) is 5.91 Å². The number of amides is 3. The average Bonchev–Trinajstić information content (AvgIpc) is 3.78. The van der Waals surface area contributed by atoms with Crippen molar-refractivity contribution < 1.29 is 19.5 Å². The van der Waals surface area contributed by atoms with Crippen molar-refractivity contribution in [2.24, 2.45) is 22.7 Å². The van der Waals surface area contributed by atoms with Gasteiger partial charge in [-0.1, -0.05) is 63.6 Å². The smallest absolute Gasteiger partial charge is 0.257 e. The molecule has 10 heteroatoms. The van der Waals surface area contributed by atoms with E-state index in [9.17, 15) is 14.7 Å². The first-order valence-corrected chi connectivity index (χ1v) is 21.1. The zero-order chi connectivity index (χ0) is 39.9. The highest BCUT2D eigenvalue weighted by Crippen LogP contribution is 2.44. The predicted molar refractivity (Wildman–Crippen MR) is 220 cm³/mol. The highest BCUT2D eigenvalue weighted by Gasteiger charge is 2.51. The van der Waals surface area contributed by atoms with Gasteiger partial charge in [-0.05, 0) is 113 Å². The van der Waals surface area contributed by atoms with Gasteiger partial charge in [-0.15, -0.1) is 0 Å². The predicted octanol–water partition coefficient (Wildman–Crippen LogP) is 7.38. The molecule has 0 aromatic heterocycles. The number of para-hydroxylation sites is 1. The first-order valence-electron chi connectivity index (χ1n) is 20.7. The van der Waals surface area contributed by atoms with E-state index < -0.39 is 12.1 Å². The van der Waals surface area contributed by atoms with Crippen molar-refractivity contribution in [1.82, 2.24) is 24.5 Å². The van der Waals surface area contributed by atoms with Crippen LogP contribution in [0, 0.1) is 22.7 Å². The summed E-state index contributed by atoms with van der Waals surface area (Å²) in [4.78, 5) is 54.9. The molecule has 1 saturated carbocycles. The van der Waals surface area contributed by atoms with Crippen molar-refractivity contribution in [2.45, 2.75) is 111 Å². The Kier molecular flexibility index (Phi) is 12.4. The highest BCUT2D eigenvalue weighted by molar-refractivity contribution is 6.30. The van der Waals surface area contributed by atoms with Gasteiger partial charge in [0.2, 0.25) is 11.8 Å². The average molecular weight is 777 g/mol. The van der Waals surface area contributed by atoms with Crippen LogP contribution in [0.4, 0.5) is 0 Å². The number of nitrogens with zero attached hydrogens (tertiary/aromatic N) is 5. The number of aromatic hydroxyl groups is 1. The van der Waals surface area contributed by atoms with Crippen LogP contribution in [0.25, 0.3) is 0 Å². The minimum atomic E-state index is -0.682. The standard InChI is InChI=1S/C45H66ClN5O4/c1-43(2,3)49-28-36(32-13-15-33(46)16-14-32)37(29-49)41(54)50-27-34(25-38(50)42(55)48-23-21-47(8)22-24-48)51(40(53)35-11-9-10-12-39(35)52)30-45(6,7)26-31-17-19-44(4,5)20-18-31/h9-16,31,34,36-38,52H,17-30H2,1-8H3/t34-,36-,37+,38-/m0/s1. The first-order chi connectivity index (χ1) is 25.8. The summed E-state index contributed by atoms with van der Waals surface area (Å²) >= 11 is 6.32. The maximum atomic E-state index is 15.2. The molecule has 0 spiro atoms. The number of piperazine rings is 1. The molecule has 2 aromatic carbocycles. The van der Waals surface area contributed by atoms with Gasteiger partial charge in [-0.3, -0.25) is 19.3 Å². The van der Waals surface area contributed by atoms with E-state index >= 15 is 4.79 Å². The lowest BCUT2D eigenvalue weighted by Gasteiger charge is -2.41. The number of likely N-dealkylation sites (tertiary alicyclic amines) is 2. The van der Waals surface area contributed by atoms with Gasteiger partial charge in [-0.2, -0.15) is 0 Å². The molecule has 3 heterocycles. The number of phenolic OH excluding ortho intramolecular Hbond substituents is 1. The molecule has 4 aliphatic rings. The van der Waals surface area contributed by atoms with Gasteiger partial charge in [0.15, 0.2) is 0 Å². The van der Waals surface area contributed by atoms with Crippen molar-refractivity contribution in [3.63, 3.8) is 0 Å². The summed E-state index contributed by atoms with van der Waals surface area (Å²) < 4.78 is 0. The molecule has 0 bridgehead atoms. The molecule has 4 fully saturated rings. The summed E-state index contributed by atoms with van der Waals surface area (Å²) in [5, 5.41) is 11.6. The monoisotopic (exact) mass is 775 g/mol. The van der Waals surface area contributed by atoms with E-state index in [0.717, 1.165) is 31.6 Å². The van der Waals surface area contributed by atoms with Crippen LogP contribution >= 0.6 is 11.6 Å². The normalized spacial score (nSPS) is 25.7. The van der Waals surface area contributed by atoms with Crippen molar-refractivity contribution in [3.8, 4) is 5.75 Å². The van der Waals surface area contributed by atoms with Gasteiger partial charge in [0, 0.05) is 68.8 Å².